The maximum Gasteiger partial charge on any atom is 0.243 e. The molecule has 0 aliphatic rings. The number of rotatable bonds is 6. The summed E-state index contributed by atoms with van der Waals surface area (Å²) < 4.78 is 25.9. The van der Waals surface area contributed by atoms with Crippen molar-refractivity contribution in [1.29, 1.82) is 0 Å². The van der Waals surface area contributed by atoms with Crippen LogP contribution in [0.15, 0.2) is 66.7 Å². The van der Waals surface area contributed by atoms with Crippen LogP contribution in [0.5, 0.6) is 0 Å². The lowest BCUT2D eigenvalue weighted by Gasteiger charge is -2.28. The summed E-state index contributed by atoms with van der Waals surface area (Å²) in [5.74, 6) is -0.347. The monoisotopic (exact) mass is 396 g/mol. The minimum atomic E-state index is -3.62. The van der Waals surface area contributed by atoms with Crippen molar-refractivity contribution in [1.82, 2.24) is 5.32 Å². The van der Waals surface area contributed by atoms with Gasteiger partial charge < -0.3 is 5.32 Å². The topological polar surface area (TPSA) is 66.5 Å². The van der Waals surface area contributed by atoms with Gasteiger partial charge in [-0.2, -0.15) is 0 Å². The minimum absolute atomic E-state index is 0.329. The van der Waals surface area contributed by atoms with Gasteiger partial charge in [0, 0.05) is 6.54 Å². The highest BCUT2D eigenvalue weighted by Crippen LogP contribution is 2.22. The molecule has 1 atom stereocenters. The molecule has 1 N–H and O–H groups in total. The second-order valence-corrected chi connectivity index (χ2v) is 8.79. The maximum atomic E-state index is 12.8. The van der Waals surface area contributed by atoms with Crippen LogP contribution in [0.1, 0.15) is 18.1 Å². The second-order valence-electron chi connectivity index (χ2n) is 6.93. The first kappa shape index (κ1) is 19.9. The number of benzene rings is 3. The van der Waals surface area contributed by atoms with Crippen molar-refractivity contribution in [2.24, 2.45) is 0 Å². The zero-order valence-corrected chi connectivity index (χ0v) is 17.0. The number of nitrogens with one attached hydrogen (secondary N) is 1. The van der Waals surface area contributed by atoms with E-state index in [0.717, 1.165) is 28.2 Å². The number of aryl methyl sites for hydroxylation is 1. The predicted octanol–water partition coefficient (Wildman–Crippen LogP) is 3.62. The molecule has 0 saturated carbocycles. The number of hydrogen-bond acceptors (Lipinski definition) is 3. The quantitative estimate of drug-likeness (QED) is 0.692. The maximum absolute atomic E-state index is 12.8. The van der Waals surface area contributed by atoms with Gasteiger partial charge in [-0.05, 0) is 47.9 Å². The van der Waals surface area contributed by atoms with E-state index >= 15 is 0 Å². The molecule has 3 rings (SSSR count). The smallest absolute Gasteiger partial charge is 0.243 e. The lowest BCUT2D eigenvalue weighted by Crippen LogP contribution is -2.47. The van der Waals surface area contributed by atoms with Crippen molar-refractivity contribution in [3.63, 3.8) is 0 Å². The van der Waals surface area contributed by atoms with Gasteiger partial charge in [-0.25, -0.2) is 8.42 Å². The SMILES string of the molecule is Cc1cccc(N(C(C)C(=O)NCc2cccc3ccccc23)S(C)(=O)=O)c1. The summed E-state index contributed by atoms with van der Waals surface area (Å²) in [5.41, 5.74) is 2.39. The Morgan fingerprint density at radius 2 is 1.71 bits per heavy atom. The van der Waals surface area contributed by atoms with Crippen LogP contribution in [0.25, 0.3) is 10.8 Å². The summed E-state index contributed by atoms with van der Waals surface area (Å²) in [5, 5.41) is 5.05. The summed E-state index contributed by atoms with van der Waals surface area (Å²) >= 11 is 0. The minimum Gasteiger partial charge on any atom is -0.350 e. The zero-order chi connectivity index (χ0) is 20.3. The lowest BCUT2D eigenvalue weighted by atomic mass is 10.0. The molecule has 3 aromatic rings. The highest BCUT2D eigenvalue weighted by molar-refractivity contribution is 7.92. The van der Waals surface area contributed by atoms with Crippen LogP contribution in [0.4, 0.5) is 5.69 Å². The first-order valence-electron chi connectivity index (χ1n) is 9.08. The van der Waals surface area contributed by atoms with Crippen LogP contribution < -0.4 is 9.62 Å². The number of fused-ring (bicyclic) bond motifs is 1. The average Bonchev–Trinajstić information content (AvgIpc) is 2.65. The van der Waals surface area contributed by atoms with Gasteiger partial charge in [-0.15, -0.1) is 0 Å². The molecule has 1 amide bonds. The van der Waals surface area contributed by atoms with Crippen LogP contribution in [0, 0.1) is 6.92 Å². The fraction of sp³-hybridized carbons (Fsp3) is 0.227. The van der Waals surface area contributed by atoms with Crippen molar-refractivity contribution < 1.29 is 13.2 Å². The largest absolute Gasteiger partial charge is 0.350 e. The molecule has 0 aliphatic carbocycles. The number of hydrogen-bond donors (Lipinski definition) is 1. The predicted molar refractivity (Wildman–Crippen MR) is 114 cm³/mol. The molecular formula is C22H24N2O3S. The fourth-order valence-electron chi connectivity index (χ4n) is 3.35. The molecular weight excluding hydrogens is 372 g/mol. The Morgan fingerprint density at radius 3 is 2.43 bits per heavy atom. The van der Waals surface area contributed by atoms with Crippen molar-refractivity contribution in [3.05, 3.63) is 77.9 Å². The molecule has 0 saturated heterocycles. The highest BCUT2D eigenvalue weighted by Gasteiger charge is 2.29. The molecule has 146 valence electrons. The van der Waals surface area contributed by atoms with Gasteiger partial charge in [-0.1, -0.05) is 54.6 Å². The summed E-state index contributed by atoms with van der Waals surface area (Å²) in [6, 6.07) is 20.1. The van der Waals surface area contributed by atoms with Gasteiger partial charge in [0.1, 0.15) is 6.04 Å². The summed E-state index contributed by atoms with van der Waals surface area (Å²) in [6.07, 6.45) is 1.11. The van der Waals surface area contributed by atoms with E-state index < -0.39 is 16.1 Å². The molecule has 0 aromatic heterocycles. The van der Waals surface area contributed by atoms with E-state index in [1.807, 2.05) is 55.5 Å². The Kier molecular flexibility index (Phi) is 5.70. The molecule has 6 heteroatoms. The molecule has 0 radical (unpaired) electrons. The van der Waals surface area contributed by atoms with Gasteiger partial charge in [0.05, 0.1) is 11.9 Å². The van der Waals surface area contributed by atoms with Gasteiger partial charge in [0.2, 0.25) is 15.9 Å². The van der Waals surface area contributed by atoms with E-state index in [1.165, 1.54) is 4.31 Å². The molecule has 0 heterocycles. The van der Waals surface area contributed by atoms with E-state index in [4.69, 9.17) is 0 Å². The van der Waals surface area contributed by atoms with Crippen LogP contribution in [-0.2, 0) is 21.4 Å². The number of nitrogens with zero attached hydrogens (tertiary/aromatic N) is 1. The van der Waals surface area contributed by atoms with Crippen LogP contribution in [-0.4, -0.2) is 26.6 Å². The summed E-state index contributed by atoms with van der Waals surface area (Å²) in [4.78, 5) is 12.8. The molecule has 5 nitrogen and oxygen atoms in total. The van der Waals surface area contributed by atoms with E-state index in [9.17, 15) is 13.2 Å². The lowest BCUT2D eigenvalue weighted by molar-refractivity contribution is -0.122. The first-order valence-corrected chi connectivity index (χ1v) is 10.9. The summed E-state index contributed by atoms with van der Waals surface area (Å²) in [7, 11) is -3.62. The molecule has 28 heavy (non-hydrogen) atoms. The third-order valence-corrected chi connectivity index (χ3v) is 5.92. The Bertz CT molecular complexity index is 1100. The van der Waals surface area contributed by atoms with E-state index in [-0.39, 0.29) is 5.91 Å². The Balaban J connectivity index is 1.82. The summed E-state index contributed by atoms with van der Waals surface area (Å²) in [6.45, 7) is 3.81. The van der Waals surface area contributed by atoms with Gasteiger partial charge in [0.25, 0.3) is 0 Å². The Hall–Kier alpha value is -2.86. The van der Waals surface area contributed by atoms with Crippen molar-refractivity contribution >= 4 is 32.4 Å². The first-order chi connectivity index (χ1) is 13.3. The average molecular weight is 397 g/mol. The Labute approximate surface area is 166 Å². The number of carbonyl (C=O) groups excluding carboxylic acids is 1. The van der Waals surface area contributed by atoms with Crippen LogP contribution in [0.3, 0.4) is 0 Å². The second kappa shape index (κ2) is 8.02. The van der Waals surface area contributed by atoms with Crippen LogP contribution >= 0.6 is 0 Å². The van der Waals surface area contributed by atoms with Gasteiger partial charge in [-0.3, -0.25) is 9.10 Å². The number of anilines is 1. The normalized spacial score (nSPS) is 12.5. The molecule has 1 unspecified atom stereocenters. The number of carbonyl (C=O) groups is 1. The molecule has 0 bridgehead atoms. The third kappa shape index (κ3) is 4.34. The number of sulfonamides is 1. The third-order valence-electron chi connectivity index (χ3n) is 4.68. The van der Waals surface area contributed by atoms with Gasteiger partial charge in [0.15, 0.2) is 0 Å². The standard InChI is InChI=1S/C22H24N2O3S/c1-16-8-6-12-20(14-16)24(28(3,26)27)17(2)22(25)23-15-19-11-7-10-18-9-4-5-13-21(18)19/h4-14,17H,15H2,1-3H3,(H,23,25). The van der Waals surface area contributed by atoms with Gasteiger partial charge >= 0.3 is 0 Å². The van der Waals surface area contributed by atoms with Crippen molar-refractivity contribution in [3.8, 4) is 0 Å². The van der Waals surface area contributed by atoms with Crippen molar-refractivity contribution in [2.45, 2.75) is 26.4 Å². The Morgan fingerprint density at radius 1 is 1.04 bits per heavy atom. The number of amides is 1. The van der Waals surface area contributed by atoms with E-state index in [0.29, 0.717) is 12.2 Å². The highest BCUT2D eigenvalue weighted by atomic mass is 32.2. The zero-order valence-electron chi connectivity index (χ0n) is 16.2. The fourth-order valence-corrected chi connectivity index (χ4v) is 4.52. The van der Waals surface area contributed by atoms with E-state index in [1.54, 1.807) is 25.1 Å². The molecule has 3 aromatic carbocycles. The molecule has 0 fully saturated rings. The van der Waals surface area contributed by atoms with Crippen LogP contribution in [0.2, 0.25) is 0 Å². The molecule has 0 spiro atoms. The van der Waals surface area contributed by atoms with E-state index in [2.05, 4.69) is 5.32 Å². The van der Waals surface area contributed by atoms with Crippen molar-refractivity contribution in [2.75, 3.05) is 10.6 Å². The molecule has 0 aliphatic heterocycles.